The first kappa shape index (κ1) is 19.6. The minimum absolute atomic E-state index is 0.153. The van der Waals surface area contributed by atoms with Gasteiger partial charge in [0.15, 0.2) is 5.82 Å². The Bertz CT molecular complexity index is 1010. The second-order valence-corrected chi connectivity index (χ2v) is 8.53. The maximum Gasteiger partial charge on any atom is 0.241 e. The van der Waals surface area contributed by atoms with Crippen LogP contribution in [0.25, 0.3) is 0 Å². The SMILES string of the molecule is Cc1ccc(SC(C2=NC(=C3C=CCN(C)C3=N)NO2)c2ccc(Cl)cc2)cc1. The third-order valence-electron chi connectivity index (χ3n) is 4.70. The van der Waals surface area contributed by atoms with Gasteiger partial charge in [0.05, 0.1) is 5.57 Å². The zero-order valence-corrected chi connectivity index (χ0v) is 17.7. The van der Waals surface area contributed by atoms with Gasteiger partial charge in [-0.2, -0.15) is 4.99 Å². The minimum atomic E-state index is -0.153. The molecule has 0 saturated heterocycles. The monoisotopic (exact) mass is 424 g/mol. The van der Waals surface area contributed by atoms with Gasteiger partial charge in [0.25, 0.3) is 0 Å². The number of likely N-dealkylation sites (N-methyl/N-ethyl adjacent to an activating group) is 1. The summed E-state index contributed by atoms with van der Waals surface area (Å²) in [5, 5.41) is 8.84. The first-order valence-electron chi connectivity index (χ1n) is 9.22. The normalized spacial score (nSPS) is 19.6. The van der Waals surface area contributed by atoms with E-state index >= 15 is 0 Å². The van der Waals surface area contributed by atoms with Crippen molar-refractivity contribution >= 4 is 35.1 Å². The molecule has 148 valence electrons. The van der Waals surface area contributed by atoms with E-state index in [1.54, 1.807) is 11.8 Å². The van der Waals surface area contributed by atoms with E-state index in [1.807, 2.05) is 48.4 Å². The van der Waals surface area contributed by atoms with Crippen molar-refractivity contribution in [3.63, 3.8) is 0 Å². The van der Waals surface area contributed by atoms with E-state index in [9.17, 15) is 0 Å². The molecular weight excluding hydrogens is 404 g/mol. The first-order valence-corrected chi connectivity index (χ1v) is 10.5. The molecule has 0 bridgehead atoms. The lowest BCUT2D eigenvalue weighted by atomic mass is 10.1. The van der Waals surface area contributed by atoms with Crippen LogP contribution in [-0.4, -0.2) is 30.2 Å². The van der Waals surface area contributed by atoms with Gasteiger partial charge in [0, 0.05) is 23.5 Å². The summed E-state index contributed by atoms with van der Waals surface area (Å²) in [4.78, 5) is 13.5. The maximum atomic E-state index is 8.31. The highest BCUT2D eigenvalue weighted by atomic mass is 35.5. The highest BCUT2D eigenvalue weighted by molar-refractivity contribution is 8.00. The zero-order valence-electron chi connectivity index (χ0n) is 16.1. The molecule has 1 unspecified atom stereocenters. The quantitative estimate of drug-likeness (QED) is 0.670. The van der Waals surface area contributed by atoms with E-state index in [0.29, 0.717) is 34.7 Å². The van der Waals surface area contributed by atoms with Gasteiger partial charge in [0.2, 0.25) is 5.90 Å². The molecule has 2 aromatic carbocycles. The minimum Gasteiger partial charge on any atom is -0.363 e. The number of thioether (sulfide) groups is 1. The van der Waals surface area contributed by atoms with Crippen molar-refractivity contribution in [2.75, 3.05) is 13.6 Å². The summed E-state index contributed by atoms with van der Waals surface area (Å²) in [5.74, 6) is 1.52. The van der Waals surface area contributed by atoms with Crippen molar-refractivity contribution in [2.45, 2.75) is 17.1 Å². The molecule has 2 heterocycles. The lowest BCUT2D eigenvalue weighted by Gasteiger charge is -2.22. The van der Waals surface area contributed by atoms with E-state index < -0.39 is 0 Å². The topological polar surface area (TPSA) is 60.7 Å². The van der Waals surface area contributed by atoms with Gasteiger partial charge in [-0.3, -0.25) is 5.41 Å². The van der Waals surface area contributed by atoms with E-state index in [4.69, 9.17) is 26.8 Å². The molecule has 0 radical (unpaired) electrons. The predicted molar refractivity (Wildman–Crippen MR) is 119 cm³/mol. The summed E-state index contributed by atoms with van der Waals surface area (Å²) < 4.78 is 0. The van der Waals surface area contributed by atoms with Gasteiger partial charge in [-0.1, -0.05) is 47.5 Å². The third-order valence-corrected chi connectivity index (χ3v) is 6.21. The second-order valence-electron chi connectivity index (χ2n) is 6.91. The van der Waals surface area contributed by atoms with Crippen LogP contribution in [0.1, 0.15) is 16.4 Å². The summed E-state index contributed by atoms with van der Waals surface area (Å²) in [5.41, 5.74) is 5.87. The Balaban J connectivity index is 1.70. The van der Waals surface area contributed by atoms with Crippen molar-refractivity contribution in [3.8, 4) is 0 Å². The number of amidine groups is 1. The van der Waals surface area contributed by atoms with Crippen LogP contribution in [0, 0.1) is 12.3 Å². The molecule has 2 aliphatic rings. The fraction of sp³-hybridized carbons (Fsp3) is 0.182. The van der Waals surface area contributed by atoms with Gasteiger partial charge in [-0.25, -0.2) is 5.48 Å². The molecule has 5 nitrogen and oxygen atoms in total. The summed E-state index contributed by atoms with van der Waals surface area (Å²) in [6, 6.07) is 16.1. The summed E-state index contributed by atoms with van der Waals surface area (Å²) >= 11 is 7.74. The Labute approximate surface area is 179 Å². The zero-order chi connectivity index (χ0) is 20.4. The van der Waals surface area contributed by atoms with Crippen LogP contribution in [-0.2, 0) is 4.84 Å². The van der Waals surface area contributed by atoms with Gasteiger partial charge in [0.1, 0.15) is 11.1 Å². The Kier molecular flexibility index (Phi) is 5.65. The number of benzene rings is 2. The van der Waals surface area contributed by atoms with Crippen LogP contribution in [0.4, 0.5) is 0 Å². The molecule has 2 aliphatic heterocycles. The smallest absolute Gasteiger partial charge is 0.241 e. The first-order chi connectivity index (χ1) is 14.0. The van der Waals surface area contributed by atoms with Crippen molar-refractivity contribution in [1.29, 1.82) is 5.41 Å². The maximum absolute atomic E-state index is 8.31. The number of hydrogen-bond donors (Lipinski definition) is 2. The number of nitrogens with one attached hydrogen (secondary N) is 2. The molecule has 1 atom stereocenters. The highest BCUT2D eigenvalue weighted by Gasteiger charge is 2.29. The molecule has 0 amide bonds. The number of rotatable bonds is 4. The number of hydroxylamine groups is 1. The van der Waals surface area contributed by atoms with Crippen LogP contribution in [0.15, 0.2) is 82.0 Å². The number of hydrogen-bond acceptors (Lipinski definition) is 5. The summed E-state index contributed by atoms with van der Waals surface area (Å²) in [7, 11) is 1.89. The third kappa shape index (κ3) is 4.33. The van der Waals surface area contributed by atoms with E-state index in [1.165, 1.54) is 5.56 Å². The number of aliphatic imine (C=N–C) groups is 1. The van der Waals surface area contributed by atoms with Crippen LogP contribution in [0.2, 0.25) is 5.02 Å². The molecule has 2 N–H and O–H groups in total. The molecule has 0 aromatic heterocycles. The Morgan fingerprint density at radius 1 is 1.17 bits per heavy atom. The lowest BCUT2D eigenvalue weighted by molar-refractivity contribution is 0.231. The van der Waals surface area contributed by atoms with Crippen LogP contribution >= 0.6 is 23.4 Å². The largest absolute Gasteiger partial charge is 0.363 e. The van der Waals surface area contributed by atoms with Crippen molar-refractivity contribution in [1.82, 2.24) is 10.4 Å². The molecule has 7 heteroatoms. The molecule has 29 heavy (non-hydrogen) atoms. The van der Waals surface area contributed by atoms with E-state index in [0.717, 1.165) is 10.5 Å². The van der Waals surface area contributed by atoms with Crippen LogP contribution in [0.3, 0.4) is 0 Å². The Hall–Kier alpha value is -2.70. The van der Waals surface area contributed by atoms with Crippen molar-refractivity contribution in [3.05, 3.63) is 88.2 Å². The number of aryl methyl sites for hydroxylation is 1. The van der Waals surface area contributed by atoms with Gasteiger partial charge in [-0.15, -0.1) is 11.8 Å². The van der Waals surface area contributed by atoms with E-state index in [-0.39, 0.29) is 5.25 Å². The summed E-state index contributed by atoms with van der Waals surface area (Å²) in [6.07, 6.45) is 3.91. The van der Waals surface area contributed by atoms with Crippen LogP contribution in [0.5, 0.6) is 0 Å². The molecule has 4 rings (SSSR count). The van der Waals surface area contributed by atoms with Crippen molar-refractivity contribution in [2.24, 2.45) is 4.99 Å². The molecule has 0 aliphatic carbocycles. The van der Waals surface area contributed by atoms with Crippen LogP contribution < -0.4 is 5.48 Å². The highest BCUT2D eigenvalue weighted by Crippen LogP contribution is 2.38. The molecule has 0 spiro atoms. The lowest BCUT2D eigenvalue weighted by Crippen LogP contribution is -2.31. The van der Waals surface area contributed by atoms with Gasteiger partial charge < -0.3 is 9.74 Å². The second kappa shape index (κ2) is 8.35. The molecule has 0 fully saturated rings. The molecule has 0 saturated carbocycles. The Morgan fingerprint density at radius 3 is 2.62 bits per heavy atom. The van der Waals surface area contributed by atoms with Crippen molar-refractivity contribution < 1.29 is 4.84 Å². The number of nitrogens with zero attached hydrogens (tertiary/aromatic N) is 2. The fourth-order valence-corrected chi connectivity index (χ4v) is 4.22. The predicted octanol–water partition coefficient (Wildman–Crippen LogP) is 5.11. The summed E-state index contributed by atoms with van der Waals surface area (Å²) in [6.45, 7) is 2.78. The average molecular weight is 425 g/mol. The average Bonchev–Trinajstić information content (AvgIpc) is 3.20. The number of halogens is 1. The standard InChI is InChI=1S/C22H21ClN4OS/c1-14-5-11-17(12-6-14)29-19(15-7-9-16(23)10-8-15)22-25-21(26-28-22)18-4-3-13-27(2)20(18)24/h3-12,19,24,26H,13H2,1-2H3. The molecular formula is C22H21ClN4OS. The fourth-order valence-electron chi connectivity index (χ4n) is 3.03. The van der Waals surface area contributed by atoms with Gasteiger partial charge in [-0.05, 0) is 42.8 Å². The van der Waals surface area contributed by atoms with E-state index in [2.05, 4.69) is 36.7 Å². The molecule has 2 aromatic rings. The Morgan fingerprint density at radius 2 is 1.90 bits per heavy atom. The van der Waals surface area contributed by atoms with Gasteiger partial charge >= 0.3 is 0 Å².